The van der Waals surface area contributed by atoms with Gasteiger partial charge in [-0.25, -0.2) is 28.1 Å². The minimum atomic E-state index is -4.50. The lowest BCUT2D eigenvalue weighted by molar-refractivity contribution is -0.144. The maximum atomic E-state index is 13.5. The fraction of sp³-hybridized carbons (Fsp3) is 0.422. The van der Waals surface area contributed by atoms with Crippen LogP contribution in [-0.2, 0) is 19.5 Å². The number of nitrogens with two attached hydrogens (primary N) is 1. The number of alkyl halides is 6. The maximum absolute atomic E-state index is 13.5. The van der Waals surface area contributed by atoms with E-state index in [1.54, 1.807) is 12.4 Å². The van der Waals surface area contributed by atoms with E-state index in [-0.39, 0.29) is 34.2 Å². The SMILES string of the molecule is Fc1cccc(Oc2nc(Br)nn2CC(F)(F)F)c1.Fc1cccc(Oc2nc(CC3C4CCC3CN(c3ccnc(Cl)c3)C4)nn2CC(F)(F)F)c1.NC1C2CCC1CN(c1ccnc(Cl)c1)C2. The highest BCUT2D eigenvalue weighted by Gasteiger charge is 2.43. The van der Waals surface area contributed by atoms with Crippen molar-refractivity contribution in [2.24, 2.45) is 35.3 Å². The minimum absolute atomic E-state index is 0.0309. The van der Waals surface area contributed by atoms with Gasteiger partial charge < -0.3 is 25.0 Å². The van der Waals surface area contributed by atoms with Gasteiger partial charge >= 0.3 is 24.4 Å². The van der Waals surface area contributed by atoms with Crippen molar-refractivity contribution < 1.29 is 44.6 Å². The normalized spacial score (nSPS) is 21.9. The smallest absolute Gasteiger partial charge is 0.408 e. The fourth-order valence-electron chi connectivity index (χ4n) is 9.47. The Kier molecular flexibility index (Phi) is 15.5. The van der Waals surface area contributed by atoms with Crippen LogP contribution in [0.3, 0.4) is 0 Å². The average molecular weight is 1070 g/mol. The Morgan fingerprint density at radius 3 is 1.54 bits per heavy atom. The summed E-state index contributed by atoms with van der Waals surface area (Å²) in [5.41, 5.74) is 8.40. The molecule has 4 aromatic heterocycles. The summed E-state index contributed by atoms with van der Waals surface area (Å²) in [6.07, 6.45) is -0.403. The molecule has 4 unspecified atom stereocenters. The Morgan fingerprint density at radius 1 is 0.623 bits per heavy atom. The van der Waals surface area contributed by atoms with E-state index in [0.29, 0.717) is 61.6 Å². The molecule has 4 fully saturated rings. The zero-order valence-electron chi connectivity index (χ0n) is 36.3. The quantitative estimate of drug-likeness (QED) is 0.104. The molecule has 4 bridgehead atoms. The predicted octanol–water partition coefficient (Wildman–Crippen LogP) is 11.0. The van der Waals surface area contributed by atoms with Crippen LogP contribution in [0, 0.1) is 41.2 Å². The van der Waals surface area contributed by atoms with E-state index in [2.05, 4.69) is 55.9 Å². The van der Waals surface area contributed by atoms with Crippen LogP contribution < -0.4 is 25.0 Å². The zero-order valence-corrected chi connectivity index (χ0v) is 39.4. The number of aromatic nitrogens is 8. The van der Waals surface area contributed by atoms with Gasteiger partial charge in [-0.2, -0.15) is 41.4 Å². The molecule has 2 aromatic carbocycles. The van der Waals surface area contributed by atoms with Gasteiger partial charge in [0.2, 0.25) is 4.73 Å². The molecule has 13 nitrogen and oxygen atoms in total. The van der Waals surface area contributed by atoms with E-state index in [1.807, 2.05) is 24.3 Å². The summed E-state index contributed by atoms with van der Waals surface area (Å²) in [7, 11) is 0. The summed E-state index contributed by atoms with van der Waals surface area (Å²) in [6.45, 7) is 1.11. The van der Waals surface area contributed by atoms with E-state index in [0.717, 1.165) is 56.8 Å². The Labute approximate surface area is 409 Å². The van der Waals surface area contributed by atoms with Crippen LogP contribution in [-0.4, -0.2) is 84.1 Å². The fourth-order valence-corrected chi connectivity index (χ4v) is 10.2. The summed E-state index contributed by atoms with van der Waals surface area (Å²) < 4.78 is 115. The van der Waals surface area contributed by atoms with Crippen LogP contribution in [0.4, 0.5) is 46.5 Å². The van der Waals surface area contributed by atoms with Gasteiger partial charge in [0.1, 0.15) is 46.5 Å². The van der Waals surface area contributed by atoms with Crippen LogP contribution in [0.25, 0.3) is 0 Å². The molecule has 10 rings (SSSR count). The van der Waals surface area contributed by atoms with Gasteiger partial charge in [-0.15, -0.1) is 5.10 Å². The van der Waals surface area contributed by atoms with Crippen molar-refractivity contribution >= 4 is 50.5 Å². The minimum Gasteiger partial charge on any atom is -0.424 e. The first-order valence-corrected chi connectivity index (χ1v) is 23.4. The van der Waals surface area contributed by atoms with Crippen molar-refractivity contribution in [2.45, 2.75) is 63.6 Å². The molecule has 4 atom stereocenters. The summed E-state index contributed by atoms with van der Waals surface area (Å²) in [6, 6.07) is 17.6. The molecule has 2 saturated heterocycles. The number of benzene rings is 2. The molecular weight excluding hydrogens is 1030 g/mol. The molecule has 4 aliphatic rings. The van der Waals surface area contributed by atoms with Crippen LogP contribution in [0.2, 0.25) is 10.3 Å². The number of nitrogens with zero attached hydrogens (tertiary/aromatic N) is 10. The number of ether oxygens (including phenoxy) is 2. The topological polar surface area (TPSA) is 138 Å². The molecule has 2 aliphatic heterocycles. The second kappa shape index (κ2) is 21.4. The Balaban J connectivity index is 0.000000154. The number of fused-ring (bicyclic) bond motifs is 4. The van der Waals surface area contributed by atoms with Crippen LogP contribution in [0.15, 0.2) is 89.9 Å². The largest absolute Gasteiger partial charge is 0.424 e. The highest BCUT2D eigenvalue weighted by Crippen LogP contribution is 2.45. The first kappa shape index (κ1) is 50.1. The van der Waals surface area contributed by atoms with Crippen LogP contribution >= 0.6 is 39.1 Å². The molecule has 368 valence electrons. The van der Waals surface area contributed by atoms with Crippen molar-refractivity contribution in [1.82, 2.24) is 39.5 Å². The van der Waals surface area contributed by atoms with Gasteiger partial charge in [-0.05, 0) is 120 Å². The van der Waals surface area contributed by atoms with Gasteiger partial charge in [-0.3, -0.25) is 0 Å². The summed E-state index contributed by atoms with van der Waals surface area (Å²) in [5.74, 6) is 1.58. The lowest BCUT2D eigenvalue weighted by Gasteiger charge is -2.39. The highest BCUT2D eigenvalue weighted by atomic mass is 79.9. The first-order chi connectivity index (χ1) is 32.8. The predicted molar refractivity (Wildman–Crippen MR) is 243 cm³/mol. The lowest BCUT2D eigenvalue weighted by atomic mass is 9.82. The third-order valence-corrected chi connectivity index (χ3v) is 13.2. The van der Waals surface area contributed by atoms with E-state index < -0.39 is 37.1 Å². The Bertz CT molecular complexity index is 2670. The molecule has 24 heteroatoms. The number of hydrogen-bond acceptors (Lipinski definition) is 11. The number of pyridine rings is 2. The number of rotatable bonds is 10. The third-order valence-electron chi connectivity index (χ3n) is 12.5. The Hall–Kier alpha value is -5.32. The zero-order chi connectivity index (χ0) is 49.0. The first-order valence-electron chi connectivity index (χ1n) is 21.8. The molecule has 6 aromatic rings. The number of anilines is 2. The molecule has 2 N–H and O–H groups in total. The van der Waals surface area contributed by atoms with E-state index in [9.17, 15) is 35.1 Å². The monoisotopic (exact) mass is 1070 g/mol. The average Bonchev–Trinajstić information content (AvgIpc) is 3.91. The van der Waals surface area contributed by atoms with Crippen molar-refractivity contribution in [3.05, 3.63) is 118 Å². The molecule has 6 heterocycles. The van der Waals surface area contributed by atoms with Crippen molar-refractivity contribution in [2.75, 3.05) is 36.0 Å². The van der Waals surface area contributed by atoms with E-state index in [1.165, 1.54) is 54.9 Å². The van der Waals surface area contributed by atoms with Crippen LogP contribution in [0.5, 0.6) is 23.5 Å². The number of halogens is 11. The van der Waals surface area contributed by atoms with Gasteiger partial charge in [-0.1, -0.05) is 35.3 Å². The van der Waals surface area contributed by atoms with Crippen molar-refractivity contribution in [3.8, 4) is 23.5 Å². The Morgan fingerprint density at radius 2 is 1.07 bits per heavy atom. The number of piperidine rings is 2. The van der Waals surface area contributed by atoms with Crippen LogP contribution in [0.1, 0.15) is 31.5 Å². The number of hydrogen-bond donors (Lipinski definition) is 1. The van der Waals surface area contributed by atoms with Gasteiger partial charge in [0, 0.05) is 74.5 Å². The summed E-state index contributed by atoms with van der Waals surface area (Å²) in [5, 5.41) is 8.63. The second-order valence-electron chi connectivity index (χ2n) is 17.3. The highest BCUT2D eigenvalue weighted by molar-refractivity contribution is 9.10. The lowest BCUT2D eigenvalue weighted by Crippen LogP contribution is -2.48. The molecule has 0 spiro atoms. The molecule has 0 amide bonds. The molecular formula is C45H44BrCl2F8N11O2. The molecule has 2 aliphatic carbocycles. The maximum Gasteiger partial charge on any atom is 0.408 e. The molecule has 2 saturated carbocycles. The van der Waals surface area contributed by atoms with Gasteiger partial charge in [0.05, 0.1) is 0 Å². The van der Waals surface area contributed by atoms with Gasteiger partial charge in [0.25, 0.3) is 0 Å². The summed E-state index contributed by atoms with van der Waals surface area (Å²) >= 11 is 14.8. The van der Waals surface area contributed by atoms with E-state index >= 15 is 0 Å². The molecule has 69 heavy (non-hydrogen) atoms. The second-order valence-corrected chi connectivity index (χ2v) is 18.7. The van der Waals surface area contributed by atoms with Crippen molar-refractivity contribution in [1.29, 1.82) is 0 Å². The van der Waals surface area contributed by atoms with Gasteiger partial charge in [0.15, 0.2) is 5.82 Å². The van der Waals surface area contributed by atoms with Crippen molar-refractivity contribution in [3.63, 3.8) is 0 Å². The standard InChI is InChI=1S/C23H22ClF4N5O.C12H16ClN3.C10H6BrF4N3O/c24-20-9-17(6-7-29-20)32-11-14-4-5-15(12-32)19(14)10-21-30-22(33(31-21)13-23(26,27)28)34-18-3-1-2-16(25)8-18;13-11-5-10(3-4-15-11)16-6-8-1-2-9(7-16)12(8)14;11-8-16-9(18(17-8)5-10(13,14)15)19-7-3-1-2-6(12)4-7/h1-3,6-9,14-15,19H,4-5,10-13H2;3-5,8-9,12H,1-2,6-7,14H2;1-4H,5H2. The summed E-state index contributed by atoms with van der Waals surface area (Å²) in [4.78, 5) is 20.7. The van der Waals surface area contributed by atoms with E-state index in [4.69, 9.17) is 38.4 Å². The third kappa shape index (κ3) is 13.5. The molecule has 0 radical (unpaired) electrons.